The van der Waals surface area contributed by atoms with Crippen molar-refractivity contribution in [1.82, 2.24) is 4.72 Å². The van der Waals surface area contributed by atoms with E-state index in [1.165, 1.54) is 12.1 Å². The maximum absolute atomic E-state index is 15.1. The van der Waals surface area contributed by atoms with Crippen molar-refractivity contribution in [3.8, 4) is 16.9 Å². The first-order chi connectivity index (χ1) is 12.9. The number of rotatable bonds is 4. The summed E-state index contributed by atoms with van der Waals surface area (Å²) in [5.41, 5.74) is 1.02. The molecule has 2 aliphatic rings. The number of carbonyl (C=O) groups excluding carboxylic acids is 2. The quantitative estimate of drug-likeness (QED) is 0.745. The Balaban J connectivity index is 1.64. The van der Waals surface area contributed by atoms with Crippen LogP contribution in [-0.2, 0) is 20.8 Å². The summed E-state index contributed by atoms with van der Waals surface area (Å²) in [6.45, 7) is -0.313. The average Bonchev–Trinajstić information content (AvgIpc) is 3.42. The zero-order valence-electron chi connectivity index (χ0n) is 14.1. The zero-order valence-corrected chi connectivity index (χ0v) is 14.9. The van der Waals surface area contributed by atoms with E-state index in [0.717, 1.165) is 17.1 Å². The lowest BCUT2D eigenvalue weighted by Gasteiger charge is -2.18. The van der Waals surface area contributed by atoms with Crippen LogP contribution in [0.5, 0.6) is 5.75 Å². The molecule has 1 saturated carbocycles. The third kappa shape index (κ3) is 3.37. The van der Waals surface area contributed by atoms with Crippen LogP contribution in [0.1, 0.15) is 12.8 Å². The molecular weight excluding hydrogens is 373 g/mol. The molecule has 2 aromatic rings. The number of nitrogens with one attached hydrogen (secondary N) is 2. The highest BCUT2D eigenvalue weighted by atomic mass is 32.2. The van der Waals surface area contributed by atoms with Crippen LogP contribution in [0.25, 0.3) is 11.1 Å². The molecule has 1 aliphatic carbocycles. The van der Waals surface area contributed by atoms with Gasteiger partial charge in [-0.25, -0.2) is 8.60 Å². The summed E-state index contributed by atoms with van der Waals surface area (Å²) in [4.78, 5) is 23.2. The second-order valence-electron chi connectivity index (χ2n) is 6.45. The summed E-state index contributed by atoms with van der Waals surface area (Å²) in [5.74, 6) is -1.65. The smallest absolute Gasteiger partial charge is 0.253 e. The average molecular weight is 389 g/mol. The third-order valence-corrected chi connectivity index (χ3v) is 5.56. The van der Waals surface area contributed by atoms with Crippen molar-refractivity contribution in [1.29, 1.82) is 0 Å². The minimum atomic E-state index is -1.95. The molecule has 0 spiro atoms. The number of amides is 2. The molecule has 1 heterocycles. The fourth-order valence-corrected chi connectivity index (χ4v) is 3.82. The number of phenolic OH excluding ortho intramolecular Hbond substituents is 1. The van der Waals surface area contributed by atoms with E-state index in [2.05, 4.69) is 10.0 Å². The highest BCUT2D eigenvalue weighted by Crippen LogP contribution is 2.38. The van der Waals surface area contributed by atoms with Crippen molar-refractivity contribution >= 4 is 34.4 Å². The van der Waals surface area contributed by atoms with Crippen LogP contribution in [-0.4, -0.2) is 27.7 Å². The van der Waals surface area contributed by atoms with E-state index < -0.39 is 28.6 Å². The predicted octanol–water partition coefficient (Wildman–Crippen LogP) is 2.06. The van der Waals surface area contributed by atoms with Gasteiger partial charge in [-0.1, -0.05) is 12.1 Å². The predicted molar refractivity (Wildman–Crippen MR) is 98.5 cm³/mol. The first-order valence-corrected chi connectivity index (χ1v) is 9.46. The second-order valence-corrected chi connectivity index (χ2v) is 7.59. The number of anilines is 2. The molecule has 2 aromatic carbocycles. The van der Waals surface area contributed by atoms with Gasteiger partial charge in [0.15, 0.2) is 5.82 Å². The lowest BCUT2D eigenvalue weighted by atomic mass is 10.0. The summed E-state index contributed by atoms with van der Waals surface area (Å²) in [6.07, 6.45) is 1.81. The molecular formula is C18H16FN3O4S. The second kappa shape index (κ2) is 6.66. The van der Waals surface area contributed by atoms with Crippen molar-refractivity contribution in [2.75, 3.05) is 16.2 Å². The van der Waals surface area contributed by atoms with Crippen molar-refractivity contribution in [2.24, 2.45) is 5.92 Å². The fourth-order valence-electron chi connectivity index (χ4n) is 2.87. The Morgan fingerprint density at radius 2 is 1.93 bits per heavy atom. The van der Waals surface area contributed by atoms with E-state index in [0.29, 0.717) is 11.3 Å². The molecule has 27 heavy (non-hydrogen) atoms. The number of benzene rings is 2. The molecule has 2 amide bonds. The molecule has 0 bridgehead atoms. The van der Waals surface area contributed by atoms with Gasteiger partial charge < -0.3 is 10.4 Å². The largest absolute Gasteiger partial charge is 0.506 e. The highest BCUT2D eigenvalue weighted by Gasteiger charge is 2.32. The summed E-state index contributed by atoms with van der Waals surface area (Å²) in [6, 6.07) is 9.32. The lowest BCUT2D eigenvalue weighted by Crippen LogP contribution is -2.23. The molecule has 0 aromatic heterocycles. The van der Waals surface area contributed by atoms with Gasteiger partial charge in [0.2, 0.25) is 17.1 Å². The number of phenols is 1. The van der Waals surface area contributed by atoms with Crippen LogP contribution in [0.4, 0.5) is 15.8 Å². The van der Waals surface area contributed by atoms with Crippen LogP contribution < -0.4 is 14.3 Å². The van der Waals surface area contributed by atoms with E-state index in [4.69, 9.17) is 0 Å². The van der Waals surface area contributed by atoms with Gasteiger partial charge in [0, 0.05) is 17.2 Å². The van der Waals surface area contributed by atoms with E-state index in [-0.39, 0.29) is 29.6 Å². The van der Waals surface area contributed by atoms with Gasteiger partial charge in [0.1, 0.15) is 18.0 Å². The molecule has 3 N–H and O–H groups in total. The van der Waals surface area contributed by atoms with Crippen molar-refractivity contribution in [3.05, 3.63) is 42.2 Å². The fraction of sp³-hybridized carbons (Fsp3) is 0.222. The van der Waals surface area contributed by atoms with Crippen LogP contribution in [0.15, 0.2) is 36.4 Å². The molecule has 1 aliphatic heterocycles. The van der Waals surface area contributed by atoms with E-state index in [1.807, 2.05) is 0 Å². The van der Waals surface area contributed by atoms with Crippen molar-refractivity contribution in [3.63, 3.8) is 0 Å². The Kier molecular flexibility index (Phi) is 4.31. The molecule has 1 saturated heterocycles. The first-order valence-electron chi connectivity index (χ1n) is 8.35. The lowest BCUT2D eigenvalue weighted by molar-refractivity contribution is -0.118. The van der Waals surface area contributed by atoms with Gasteiger partial charge in [-0.15, -0.1) is 0 Å². The summed E-state index contributed by atoms with van der Waals surface area (Å²) in [5, 5.41) is 12.8. The summed E-state index contributed by atoms with van der Waals surface area (Å²) in [7, 11) is 0. The van der Waals surface area contributed by atoms with E-state index >= 15 is 4.39 Å². The Morgan fingerprint density at radius 3 is 2.52 bits per heavy atom. The normalized spacial score (nSPS) is 19.1. The SMILES string of the molecule is O=C1CN(c2c(O)ccc(-c3ccc(NC(=O)C4CC4)cc3)c2F)S(=O)N1. The first kappa shape index (κ1) is 17.5. The maximum atomic E-state index is 15.1. The minimum absolute atomic E-state index is 0.0190. The number of carbonyl (C=O) groups is 2. The van der Waals surface area contributed by atoms with Gasteiger partial charge in [-0.2, -0.15) is 0 Å². The third-order valence-electron chi connectivity index (χ3n) is 4.44. The number of nitrogens with zero attached hydrogens (tertiary/aromatic N) is 1. The standard InChI is InChI=1S/C18H16FN3O4S/c19-16-13(7-8-14(23)17(16)22-9-15(24)21-27(22)26)10-3-5-12(6-4-10)20-18(25)11-1-2-11/h3-8,11,23H,1-2,9H2,(H,20,25)(H,21,24). The Bertz CT molecular complexity index is 960. The Labute approximate surface area is 156 Å². The van der Waals surface area contributed by atoms with Crippen molar-refractivity contribution < 1.29 is 23.3 Å². The molecule has 9 heteroatoms. The molecule has 140 valence electrons. The topological polar surface area (TPSA) is 98.7 Å². The summed E-state index contributed by atoms with van der Waals surface area (Å²) < 4.78 is 30.1. The monoisotopic (exact) mass is 389 g/mol. The van der Waals surface area contributed by atoms with Gasteiger partial charge in [-0.05, 0) is 42.7 Å². The number of halogens is 1. The molecule has 1 unspecified atom stereocenters. The minimum Gasteiger partial charge on any atom is -0.506 e. The highest BCUT2D eigenvalue weighted by molar-refractivity contribution is 7.85. The number of hydrogen-bond donors (Lipinski definition) is 3. The Morgan fingerprint density at radius 1 is 1.22 bits per heavy atom. The van der Waals surface area contributed by atoms with E-state index in [1.54, 1.807) is 24.3 Å². The van der Waals surface area contributed by atoms with Crippen LogP contribution in [0, 0.1) is 11.7 Å². The van der Waals surface area contributed by atoms with Crippen molar-refractivity contribution in [2.45, 2.75) is 12.8 Å². The number of aromatic hydroxyl groups is 1. The number of hydrogen-bond acceptors (Lipinski definition) is 4. The molecule has 7 nitrogen and oxygen atoms in total. The molecule has 4 rings (SSSR count). The van der Waals surface area contributed by atoms with Gasteiger partial charge >= 0.3 is 0 Å². The zero-order chi connectivity index (χ0) is 19.1. The molecule has 2 fully saturated rings. The van der Waals surface area contributed by atoms with Gasteiger partial charge in [-0.3, -0.25) is 18.6 Å². The van der Waals surface area contributed by atoms with Gasteiger partial charge in [0.05, 0.1) is 0 Å². The maximum Gasteiger partial charge on any atom is 0.253 e. The van der Waals surface area contributed by atoms with Crippen LogP contribution in [0.2, 0.25) is 0 Å². The summed E-state index contributed by atoms with van der Waals surface area (Å²) >= 11 is -1.95. The Hall–Kier alpha value is -2.94. The molecule has 0 radical (unpaired) electrons. The van der Waals surface area contributed by atoms with E-state index in [9.17, 15) is 18.9 Å². The van der Waals surface area contributed by atoms with Gasteiger partial charge in [0.25, 0.3) is 5.91 Å². The molecule has 1 atom stereocenters. The van der Waals surface area contributed by atoms with Crippen LogP contribution >= 0.6 is 0 Å². The van der Waals surface area contributed by atoms with Crippen LogP contribution in [0.3, 0.4) is 0 Å².